The molecule has 0 fully saturated rings. The van der Waals surface area contributed by atoms with Crippen LogP contribution in [0.3, 0.4) is 0 Å². The summed E-state index contributed by atoms with van der Waals surface area (Å²) >= 11 is 0. The van der Waals surface area contributed by atoms with Crippen LogP contribution in [0, 0.1) is 0 Å². The Morgan fingerprint density at radius 2 is 2.12 bits per heavy atom. The topological polar surface area (TPSA) is 77.2 Å². The van der Waals surface area contributed by atoms with Crippen LogP contribution < -0.4 is 11.1 Å². The molecule has 0 aromatic carbocycles. The van der Waals surface area contributed by atoms with Gasteiger partial charge < -0.3 is 15.8 Å². The number of anilines is 2. The molecule has 1 rings (SSSR count). The van der Waals surface area contributed by atoms with Gasteiger partial charge in [-0.3, -0.25) is 0 Å². The zero-order valence-corrected chi connectivity index (χ0v) is 9.05. The molecule has 0 amide bonds. The van der Waals surface area contributed by atoms with E-state index in [0.29, 0.717) is 6.07 Å². The summed E-state index contributed by atoms with van der Waals surface area (Å²) in [5.74, 6) is -1.17. The highest BCUT2D eigenvalue weighted by molar-refractivity contribution is 5.97. The highest BCUT2D eigenvalue weighted by atomic mass is 19.4. The van der Waals surface area contributed by atoms with E-state index in [9.17, 15) is 18.0 Å². The number of aromatic nitrogens is 1. The SMILES string of the molecule is CNc1nc(C(F)(F)F)cc(C(=O)OC)c1N. The van der Waals surface area contributed by atoms with Gasteiger partial charge in [-0.2, -0.15) is 13.2 Å². The minimum Gasteiger partial charge on any atom is -0.465 e. The van der Waals surface area contributed by atoms with Gasteiger partial charge in [0, 0.05) is 7.05 Å². The number of esters is 1. The first-order valence-corrected chi connectivity index (χ1v) is 4.45. The van der Waals surface area contributed by atoms with Crippen molar-refractivity contribution in [2.75, 3.05) is 25.2 Å². The van der Waals surface area contributed by atoms with Gasteiger partial charge in [0.1, 0.15) is 5.69 Å². The predicted octanol–water partition coefficient (Wildman–Crippen LogP) is 1.51. The molecule has 0 aliphatic rings. The van der Waals surface area contributed by atoms with Gasteiger partial charge in [0.2, 0.25) is 0 Å². The van der Waals surface area contributed by atoms with Gasteiger partial charge in [0.25, 0.3) is 0 Å². The number of hydrogen-bond donors (Lipinski definition) is 2. The van der Waals surface area contributed by atoms with Crippen molar-refractivity contribution in [1.29, 1.82) is 0 Å². The summed E-state index contributed by atoms with van der Waals surface area (Å²) in [6, 6.07) is 0.558. The number of alkyl halides is 3. The number of pyridine rings is 1. The minimum atomic E-state index is -4.66. The number of rotatable bonds is 2. The first-order chi connectivity index (χ1) is 7.81. The van der Waals surface area contributed by atoms with Crippen molar-refractivity contribution in [3.05, 3.63) is 17.3 Å². The average Bonchev–Trinajstić information content (AvgIpc) is 2.26. The number of methoxy groups -OCH3 is 1. The molecule has 0 radical (unpaired) electrons. The summed E-state index contributed by atoms with van der Waals surface area (Å²) in [6.45, 7) is 0. The van der Waals surface area contributed by atoms with Crippen molar-refractivity contribution in [3.63, 3.8) is 0 Å². The molecular formula is C9H10F3N3O2. The molecule has 0 bridgehead atoms. The molecule has 3 N–H and O–H groups in total. The van der Waals surface area contributed by atoms with E-state index >= 15 is 0 Å². The fraction of sp³-hybridized carbons (Fsp3) is 0.333. The van der Waals surface area contributed by atoms with Gasteiger partial charge >= 0.3 is 12.1 Å². The Morgan fingerprint density at radius 1 is 1.53 bits per heavy atom. The highest BCUT2D eigenvalue weighted by Crippen LogP contribution is 2.32. The van der Waals surface area contributed by atoms with Gasteiger partial charge in [-0.25, -0.2) is 9.78 Å². The summed E-state index contributed by atoms with van der Waals surface area (Å²) in [5.41, 5.74) is 3.71. The number of carbonyl (C=O) groups excluding carboxylic acids is 1. The molecule has 0 saturated heterocycles. The minimum absolute atomic E-state index is 0.188. The number of hydrogen-bond acceptors (Lipinski definition) is 5. The van der Waals surface area contributed by atoms with E-state index in [1.807, 2.05) is 0 Å². The summed E-state index contributed by atoms with van der Waals surface area (Å²) in [6.07, 6.45) is -4.66. The van der Waals surface area contributed by atoms with Crippen LogP contribution in [0.25, 0.3) is 0 Å². The zero-order chi connectivity index (χ0) is 13.2. The third-order valence-corrected chi connectivity index (χ3v) is 1.99. The van der Waals surface area contributed by atoms with Gasteiger partial charge in [0.15, 0.2) is 5.82 Å². The quantitative estimate of drug-likeness (QED) is 0.777. The van der Waals surface area contributed by atoms with Crippen LogP contribution in [0.4, 0.5) is 24.7 Å². The van der Waals surface area contributed by atoms with E-state index < -0.39 is 17.8 Å². The molecule has 1 aromatic heterocycles. The monoisotopic (exact) mass is 249 g/mol. The maximum atomic E-state index is 12.5. The fourth-order valence-corrected chi connectivity index (χ4v) is 1.17. The molecule has 5 nitrogen and oxygen atoms in total. The number of nitrogen functional groups attached to an aromatic ring is 1. The molecule has 1 heterocycles. The standard InChI is InChI=1S/C9H10F3N3O2/c1-14-7-6(13)4(8(16)17-2)3-5(15-7)9(10,11)12/h3H,13H2,1-2H3,(H,14,15). The van der Waals surface area contributed by atoms with Crippen molar-refractivity contribution < 1.29 is 22.7 Å². The Morgan fingerprint density at radius 3 is 2.53 bits per heavy atom. The molecule has 94 valence electrons. The first-order valence-electron chi connectivity index (χ1n) is 4.45. The van der Waals surface area contributed by atoms with Crippen molar-refractivity contribution in [2.24, 2.45) is 0 Å². The Balaban J connectivity index is 3.44. The van der Waals surface area contributed by atoms with Crippen LogP contribution in [0.2, 0.25) is 0 Å². The summed E-state index contributed by atoms with van der Waals surface area (Å²) < 4.78 is 41.8. The van der Waals surface area contributed by atoms with Crippen molar-refractivity contribution in [2.45, 2.75) is 6.18 Å². The zero-order valence-electron chi connectivity index (χ0n) is 9.05. The lowest BCUT2D eigenvalue weighted by molar-refractivity contribution is -0.141. The van der Waals surface area contributed by atoms with Crippen LogP contribution in [0.1, 0.15) is 16.1 Å². The molecule has 0 aliphatic carbocycles. The average molecular weight is 249 g/mol. The number of halogens is 3. The molecule has 17 heavy (non-hydrogen) atoms. The first kappa shape index (κ1) is 13.1. The number of nitrogens with one attached hydrogen (secondary N) is 1. The second kappa shape index (κ2) is 4.48. The lowest BCUT2D eigenvalue weighted by Crippen LogP contribution is -2.15. The van der Waals surface area contributed by atoms with Crippen LogP contribution in [0.15, 0.2) is 6.07 Å². The smallest absolute Gasteiger partial charge is 0.433 e. The van der Waals surface area contributed by atoms with Crippen LogP contribution in [-0.2, 0) is 10.9 Å². The van der Waals surface area contributed by atoms with E-state index in [1.165, 1.54) is 7.05 Å². The Hall–Kier alpha value is -1.99. The molecule has 1 aromatic rings. The Labute approximate surface area is 94.8 Å². The van der Waals surface area contributed by atoms with Gasteiger partial charge in [0.05, 0.1) is 18.4 Å². The second-order valence-electron chi connectivity index (χ2n) is 3.06. The maximum absolute atomic E-state index is 12.5. The maximum Gasteiger partial charge on any atom is 0.433 e. The number of nitrogens with two attached hydrogens (primary N) is 1. The van der Waals surface area contributed by atoms with Crippen molar-refractivity contribution in [3.8, 4) is 0 Å². The molecule has 0 aliphatic heterocycles. The third kappa shape index (κ3) is 2.58. The van der Waals surface area contributed by atoms with Crippen LogP contribution >= 0.6 is 0 Å². The second-order valence-corrected chi connectivity index (χ2v) is 3.06. The van der Waals surface area contributed by atoms with Gasteiger partial charge in [-0.15, -0.1) is 0 Å². The lowest BCUT2D eigenvalue weighted by atomic mass is 10.1. The Kier molecular flexibility index (Phi) is 3.45. The number of nitrogens with zero attached hydrogens (tertiary/aromatic N) is 1. The van der Waals surface area contributed by atoms with Gasteiger partial charge in [-0.05, 0) is 6.07 Å². The van der Waals surface area contributed by atoms with Crippen molar-refractivity contribution >= 4 is 17.5 Å². The molecule has 0 spiro atoms. The Bertz CT molecular complexity index is 446. The lowest BCUT2D eigenvalue weighted by Gasteiger charge is -2.13. The van der Waals surface area contributed by atoms with E-state index in [-0.39, 0.29) is 17.1 Å². The van der Waals surface area contributed by atoms with E-state index in [1.54, 1.807) is 0 Å². The summed E-state index contributed by atoms with van der Waals surface area (Å²) in [5, 5.41) is 2.38. The third-order valence-electron chi connectivity index (χ3n) is 1.99. The number of ether oxygens (including phenoxy) is 1. The predicted molar refractivity (Wildman–Crippen MR) is 54.5 cm³/mol. The molecular weight excluding hydrogens is 239 g/mol. The molecule has 8 heteroatoms. The number of carbonyl (C=O) groups is 1. The van der Waals surface area contributed by atoms with Gasteiger partial charge in [-0.1, -0.05) is 0 Å². The summed E-state index contributed by atoms with van der Waals surface area (Å²) in [4.78, 5) is 14.5. The van der Waals surface area contributed by atoms with E-state index in [0.717, 1.165) is 7.11 Å². The van der Waals surface area contributed by atoms with E-state index in [4.69, 9.17) is 5.73 Å². The highest BCUT2D eigenvalue weighted by Gasteiger charge is 2.35. The molecule has 0 saturated carbocycles. The largest absolute Gasteiger partial charge is 0.465 e. The molecule has 0 atom stereocenters. The van der Waals surface area contributed by atoms with Crippen molar-refractivity contribution in [1.82, 2.24) is 4.98 Å². The van der Waals surface area contributed by atoms with E-state index in [2.05, 4.69) is 15.0 Å². The molecule has 0 unspecified atom stereocenters. The fourth-order valence-electron chi connectivity index (χ4n) is 1.17. The van der Waals surface area contributed by atoms with Crippen LogP contribution in [-0.4, -0.2) is 25.1 Å². The summed E-state index contributed by atoms with van der Waals surface area (Å²) in [7, 11) is 2.40. The normalized spacial score (nSPS) is 11.1. The van der Waals surface area contributed by atoms with Crippen LogP contribution in [0.5, 0.6) is 0 Å².